The van der Waals surface area contributed by atoms with Crippen LogP contribution in [0.3, 0.4) is 0 Å². The molecule has 2 unspecified atom stereocenters. The van der Waals surface area contributed by atoms with Crippen molar-refractivity contribution in [1.82, 2.24) is 10.2 Å². The highest BCUT2D eigenvalue weighted by Crippen LogP contribution is 2.35. The summed E-state index contributed by atoms with van der Waals surface area (Å²) in [6.45, 7) is 10.7. The molecule has 4 nitrogen and oxygen atoms in total. The van der Waals surface area contributed by atoms with E-state index in [1.807, 2.05) is 0 Å². The largest absolute Gasteiger partial charge is 0.308 e. The molecule has 0 saturated carbocycles. The van der Waals surface area contributed by atoms with E-state index in [2.05, 4.69) is 37.9 Å². The van der Waals surface area contributed by atoms with Crippen LogP contribution in [0.1, 0.15) is 47.0 Å². The van der Waals surface area contributed by atoms with Crippen molar-refractivity contribution < 1.29 is 8.42 Å². The third-order valence-electron chi connectivity index (χ3n) is 5.31. The minimum Gasteiger partial charge on any atom is -0.308 e. The highest BCUT2D eigenvalue weighted by molar-refractivity contribution is 7.91. The summed E-state index contributed by atoms with van der Waals surface area (Å²) in [5.41, 5.74) is -0.0161. The molecule has 2 aliphatic rings. The summed E-state index contributed by atoms with van der Waals surface area (Å²) < 4.78 is 23.7. The van der Waals surface area contributed by atoms with E-state index in [0.717, 1.165) is 32.4 Å². The molecule has 2 heterocycles. The van der Waals surface area contributed by atoms with Gasteiger partial charge in [-0.1, -0.05) is 13.8 Å². The molecule has 0 radical (unpaired) electrons. The first-order valence-electron chi connectivity index (χ1n) is 7.48. The maximum absolute atomic E-state index is 11.9. The van der Waals surface area contributed by atoms with Crippen LogP contribution < -0.4 is 5.32 Å². The van der Waals surface area contributed by atoms with Crippen LogP contribution in [0.25, 0.3) is 0 Å². The zero-order valence-electron chi connectivity index (χ0n) is 12.7. The molecule has 19 heavy (non-hydrogen) atoms. The third-order valence-corrected chi connectivity index (χ3v) is 7.19. The first kappa shape index (κ1) is 15.3. The Balaban J connectivity index is 2.22. The van der Waals surface area contributed by atoms with Gasteiger partial charge in [0.15, 0.2) is 9.84 Å². The molecule has 0 aromatic heterocycles. The Hall–Kier alpha value is -0.130. The van der Waals surface area contributed by atoms with Gasteiger partial charge in [0.1, 0.15) is 0 Å². The number of rotatable bonds is 3. The lowest BCUT2D eigenvalue weighted by atomic mass is 9.85. The number of piperazine rings is 1. The molecule has 0 aromatic carbocycles. The van der Waals surface area contributed by atoms with E-state index in [9.17, 15) is 8.42 Å². The standard InChI is InChI=1S/C14H28N2O2S/c1-5-14(6-2)10-16(12(3)9-15-14)13(4)7-8-19(17,18)11-13/h12,15H,5-11H2,1-4H3. The molecule has 0 aliphatic carbocycles. The fourth-order valence-corrected chi connectivity index (χ4v) is 5.83. The number of nitrogens with one attached hydrogen (secondary N) is 1. The summed E-state index contributed by atoms with van der Waals surface area (Å²) in [5.74, 6) is 0.680. The van der Waals surface area contributed by atoms with E-state index in [0.29, 0.717) is 17.5 Å². The second kappa shape index (κ2) is 5.01. The lowest BCUT2D eigenvalue weighted by Gasteiger charge is -2.52. The average Bonchev–Trinajstić information content (AvgIpc) is 2.66. The van der Waals surface area contributed by atoms with E-state index in [1.54, 1.807) is 0 Å². The Bertz CT molecular complexity index is 431. The van der Waals surface area contributed by atoms with Gasteiger partial charge in [-0.3, -0.25) is 4.90 Å². The van der Waals surface area contributed by atoms with Crippen LogP contribution in [0.15, 0.2) is 0 Å². The Labute approximate surface area is 117 Å². The molecule has 2 atom stereocenters. The van der Waals surface area contributed by atoms with Gasteiger partial charge in [0.05, 0.1) is 11.5 Å². The van der Waals surface area contributed by atoms with Crippen LogP contribution >= 0.6 is 0 Å². The third kappa shape index (κ3) is 2.83. The van der Waals surface area contributed by atoms with E-state index in [4.69, 9.17) is 0 Å². The fraction of sp³-hybridized carbons (Fsp3) is 1.00. The van der Waals surface area contributed by atoms with Crippen molar-refractivity contribution >= 4 is 9.84 Å². The predicted molar refractivity (Wildman–Crippen MR) is 79.2 cm³/mol. The second-order valence-corrected chi connectivity index (χ2v) is 8.87. The van der Waals surface area contributed by atoms with Gasteiger partial charge in [-0.05, 0) is 33.1 Å². The molecule has 0 spiro atoms. The first-order chi connectivity index (χ1) is 8.76. The molecular weight excluding hydrogens is 260 g/mol. The van der Waals surface area contributed by atoms with Crippen molar-refractivity contribution in [1.29, 1.82) is 0 Å². The smallest absolute Gasteiger partial charge is 0.152 e. The molecule has 2 rings (SSSR count). The van der Waals surface area contributed by atoms with Gasteiger partial charge in [-0.15, -0.1) is 0 Å². The van der Waals surface area contributed by atoms with Gasteiger partial charge in [0.25, 0.3) is 0 Å². The predicted octanol–water partition coefficient (Wildman–Crippen LogP) is 1.42. The van der Waals surface area contributed by atoms with Crippen LogP contribution in [0.4, 0.5) is 0 Å². The van der Waals surface area contributed by atoms with E-state index >= 15 is 0 Å². The number of sulfone groups is 1. The van der Waals surface area contributed by atoms with Crippen LogP contribution in [0.2, 0.25) is 0 Å². The highest BCUT2D eigenvalue weighted by atomic mass is 32.2. The zero-order valence-corrected chi connectivity index (χ0v) is 13.5. The summed E-state index contributed by atoms with van der Waals surface area (Å²) >= 11 is 0. The van der Waals surface area contributed by atoms with Crippen molar-refractivity contribution in [2.45, 2.75) is 64.1 Å². The SMILES string of the molecule is CCC1(CC)CN(C2(C)CCS(=O)(=O)C2)C(C)CN1. The van der Waals surface area contributed by atoms with Crippen LogP contribution in [-0.4, -0.2) is 55.0 Å². The van der Waals surface area contributed by atoms with Crippen molar-refractivity contribution in [2.24, 2.45) is 0 Å². The van der Waals surface area contributed by atoms with E-state index < -0.39 is 9.84 Å². The van der Waals surface area contributed by atoms with Crippen molar-refractivity contribution in [2.75, 3.05) is 24.6 Å². The maximum Gasteiger partial charge on any atom is 0.152 e. The fourth-order valence-electron chi connectivity index (χ4n) is 3.68. The highest BCUT2D eigenvalue weighted by Gasteiger charge is 2.48. The lowest BCUT2D eigenvalue weighted by molar-refractivity contribution is 0.00692. The molecule has 0 aromatic rings. The summed E-state index contributed by atoms with van der Waals surface area (Å²) in [4.78, 5) is 2.46. The van der Waals surface area contributed by atoms with Crippen molar-refractivity contribution in [3.63, 3.8) is 0 Å². The minimum absolute atomic E-state index is 0.155. The summed E-state index contributed by atoms with van der Waals surface area (Å²) in [6, 6.07) is 0.407. The van der Waals surface area contributed by atoms with Gasteiger partial charge >= 0.3 is 0 Å². The van der Waals surface area contributed by atoms with E-state index in [1.165, 1.54) is 0 Å². The molecular formula is C14H28N2O2S. The van der Waals surface area contributed by atoms with Gasteiger partial charge in [0.2, 0.25) is 0 Å². The molecule has 5 heteroatoms. The Morgan fingerprint density at radius 3 is 2.42 bits per heavy atom. The first-order valence-corrected chi connectivity index (χ1v) is 9.30. The summed E-state index contributed by atoms with van der Waals surface area (Å²) in [7, 11) is -2.84. The Morgan fingerprint density at radius 1 is 1.32 bits per heavy atom. The molecule has 0 bridgehead atoms. The van der Waals surface area contributed by atoms with Crippen LogP contribution in [0, 0.1) is 0 Å². The van der Waals surface area contributed by atoms with Crippen LogP contribution in [0.5, 0.6) is 0 Å². The van der Waals surface area contributed by atoms with Crippen molar-refractivity contribution in [3.05, 3.63) is 0 Å². The van der Waals surface area contributed by atoms with Gasteiger partial charge in [-0.25, -0.2) is 8.42 Å². The number of nitrogens with zero attached hydrogens (tertiary/aromatic N) is 1. The van der Waals surface area contributed by atoms with Gasteiger partial charge < -0.3 is 5.32 Å². The molecule has 112 valence electrons. The Morgan fingerprint density at radius 2 is 1.95 bits per heavy atom. The molecule has 1 N–H and O–H groups in total. The number of hydrogen-bond acceptors (Lipinski definition) is 4. The molecule has 2 fully saturated rings. The monoisotopic (exact) mass is 288 g/mol. The zero-order chi connectivity index (χ0) is 14.3. The lowest BCUT2D eigenvalue weighted by Crippen LogP contribution is -2.68. The summed E-state index contributed by atoms with van der Waals surface area (Å²) in [5, 5.41) is 3.68. The normalized spacial score (nSPS) is 38.4. The van der Waals surface area contributed by atoms with Gasteiger partial charge in [-0.2, -0.15) is 0 Å². The second-order valence-electron chi connectivity index (χ2n) is 6.68. The molecule has 2 aliphatic heterocycles. The molecule has 0 amide bonds. The van der Waals surface area contributed by atoms with E-state index in [-0.39, 0.29) is 11.1 Å². The Kier molecular flexibility index (Phi) is 4.02. The maximum atomic E-state index is 11.9. The quantitative estimate of drug-likeness (QED) is 0.853. The minimum atomic E-state index is -2.84. The topological polar surface area (TPSA) is 49.4 Å². The van der Waals surface area contributed by atoms with Crippen molar-refractivity contribution in [3.8, 4) is 0 Å². The van der Waals surface area contributed by atoms with Gasteiger partial charge in [0, 0.05) is 30.2 Å². The average molecular weight is 288 g/mol. The molecule has 2 saturated heterocycles. The summed E-state index contributed by atoms with van der Waals surface area (Å²) in [6.07, 6.45) is 2.97. The number of hydrogen-bond donors (Lipinski definition) is 1. The van der Waals surface area contributed by atoms with Crippen LogP contribution in [-0.2, 0) is 9.84 Å².